The minimum atomic E-state index is -3.14. The van der Waals surface area contributed by atoms with Gasteiger partial charge < -0.3 is 4.74 Å². The van der Waals surface area contributed by atoms with Gasteiger partial charge in [0.05, 0.1) is 16.6 Å². The van der Waals surface area contributed by atoms with Crippen LogP contribution in [0, 0.1) is 5.41 Å². The fourth-order valence-electron chi connectivity index (χ4n) is 1.86. The molecule has 3 nitrogen and oxygen atoms in total. The van der Waals surface area contributed by atoms with Gasteiger partial charge in [-0.15, -0.1) is 0 Å². The molecule has 1 atom stereocenters. The van der Waals surface area contributed by atoms with Crippen LogP contribution in [-0.4, -0.2) is 31.6 Å². The fourth-order valence-corrected chi connectivity index (χ4v) is 3.96. The predicted molar refractivity (Wildman–Crippen MR) is 70.9 cm³/mol. The first-order chi connectivity index (χ1) is 7.58. The third-order valence-corrected chi connectivity index (χ3v) is 7.24. The second kappa shape index (κ2) is 4.88. The maximum absolute atomic E-state index is 12.5. The average Bonchev–Trinajstić information content (AvgIpc) is 2.16. The minimum Gasteiger partial charge on any atom is -0.377 e. The van der Waals surface area contributed by atoms with Gasteiger partial charge in [0.1, 0.15) is 0 Å². The van der Waals surface area contributed by atoms with Crippen molar-refractivity contribution < 1.29 is 13.2 Å². The first-order valence-electron chi connectivity index (χ1n) is 6.42. The second-order valence-corrected chi connectivity index (χ2v) is 9.11. The lowest BCUT2D eigenvalue weighted by atomic mass is 9.83. The molecule has 0 amide bonds. The van der Waals surface area contributed by atoms with Crippen molar-refractivity contribution in [2.45, 2.75) is 64.7 Å². The van der Waals surface area contributed by atoms with E-state index in [4.69, 9.17) is 4.74 Å². The smallest absolute Gasteiger partial charge is 0.158 e. The molecule has 102 valence electrons. The number of hydrogen-bond acceptors (Lipinski definition) is 3. The van der Waals surface area contributed by atoms with Gasteiger partial charge in [-0.25, -0.2) is 8.42 Å². The normalized spacial score (nSPS) is 23.7. The summed E-state index contributed by atoms with van der Waals surface area (Å²) >= 11 is 0. The molecule has 1 aliphatic heterocycles. The van der Waals surface area contributed by atoms with Gasteiger partial charge in [0, 0.05) is 6.61 Å². The van der Waals surface area contributed by atoms with Crippen LogP contribution in [0.25, 0.3) is 0 Å². The molecule has 0 aromatic heterocycles. The van der Waals surface area contributed by atoms with Gasteiger partial charge in [0.2, 0.25) is 0 Å². The first-order valence-corrected chi connectivity index (χ1v) is 8.07. The Morgan fingerprint density at radius 1 is 1.12 bits per heavy atom. The van der Waals surface area contributed by atoms with E-state index in [-0.39, 0.29) is 17.3 Å². The molecule has 0 unspecified atom stereocenters. The van der Waals surface area contributed by atoms with Crippen molar-refractivity contribution in [2.24, 2.45) is 5.41 Å². The SMILES string of the molecule is CC(C)(C)C(C)(C)S(=O)(=O)C[C@H]1CCCCO1. The maximum atomic E-state index is 12.5. The molecule has 0 aliphatic carbocycles. The molecule has 0 saturated carbocycles. The molecule has 1 rings (SSSR count). The van der Waals surface area contributed by atoms with Gasteiger partial charge in [-0.1, -0.05) is 20.8 Å². The Morgan fingerprint density at radius 2 is 1.71 bits per heavy atom. The molecule has 0 aromatic carbocycles. The summed E-state index contributed by atoms with van der Waals surface area (Å²) in [4.78, 5) is 0. The van der Waals surface area contributed by atoms with Gasteiger partial charge in [-0.05, 0) is 38.5 Å². The molecular weight excluding hydrogens is 236 g/mol. The van der Waals surface area contributed by atoms with Crippen molar-refractivity contribution in [1.82, 2.24) is 0 Å². The molecule has 0 N–H and O–H groups in total. The summed E-state index contributed by atoms with van der Waals surface area (Å²) in [7, 11) is -3.14. The van der Waals surface area contributed by atoms with E-state index in [0.29, 0.717) is 6.61 Å². The predicted octanol–water partition coefficient (Wildman–Crippen LogP) is 2.80. The summed E-state index contributed by atoms with van der Waals surface area (Å²) in [6.07, 6.45) is 2.91. The molecule has 0 radical (unpaired) electrons. The summed E-state index contributed by atoms with van der Waals surface area (Å²) < 4.78 is 29.8. The van der Waals surface area contributed by atoms with Crippen molar-refractivity contribution in [2.75, 3.05) is 12.4 Å². The molecule has 1 heterocycles. The summed E-state index contributed by atoms with van der Waals surface area (Å²) in [5.74, 6) is 0.164. The number of sulfone groups is 1. The van der Waals surface area contributed by atoms with Crippen LogP contribution >= 0.6 is 0 Å². The highest BCUT2D eigenvalue weighted by molar-refractivity contribution is 7.92. The van der Waals surface area contributed by atoms with Gasteiger partial charge in [-0.2, -0.15) is 0 Å². The largest absolute Gasteiger partial charge is 0.377 e. The van der Waals surface area contributed by atoms with E-state index in [1.165, 1.54) is 0 Å². The van der Waals surface area contributed by atoms with Crippen LogP contribution in [0.2, 0.25) is 0 Å². The van der Waals surface area contributed by atoms with Crippen LogP contribution in [-0.2, 0) is 14.6 Å². The summed E-state index contributed by atoms with van der Waals surface area (Å²) in [6.45, 7) is 10.3. The van der Waals surface area contributed by atoms with E-state index in [0.717, 1.165) is 19.3 Å². The van der Waals surface area contributed by atoms with Crippen molar-refractivity contribution in [1.29, 1.82) is 0 Å². The lowest BCUT2D eigenvalue weighted by Crippen LogP contribution is -2.48. The van der Waals surface area contributed by atoms with Gasteiger partial charge >= 0.3 is 0 Å². The van der Waals surface area contributed by atoms with E-state index >= 15 is 0 Å². The third-order valence-electron chi connectivity index (χ3n) is 4.26. The summed E-state index contributed by atoms with van der Waals surface area (Å²) in [6, 6.07) is 0. The Labute approximate surface area is 106 Å². The van der Waals surface area contributed by atoms with Gasteiger partial charge in [0.15, 0.2) is 9.84 Å². The molecule has 0 bridgehead atoms. The highest BCUT2D eigenvalue weighted by Gasteiger charge is 2.45. The monoisotopic (exact) mass is 262 g/mol. The van der Waals surface area contributed by atoms with Crippen molar-refractivity contribution in [3.05, 3.63) is 0 Å². The van der Waals surface area contributed by atoms with Crippen LogP contribution in [0.15, 0.2) is 0 Å². The van der Waals surface area contributed by atoms with Crippen LogP contribution in [0.5, 0.6) is 0 Å². The zero-order valence-electron chi connectivity index (χ0n) is 11.7. The summed E-state index contributed by atoms with van der Waals surface area (Å²) in [5, 5.41) is 0. The molecule has 1 aliphatic rings. The Morgan fingerprint density at radius 3 is 2.12 bits per heavy atom. The quantitative estimate of drug-likeness (QED) is 0.785. The van der Waals surface area contributed by atoms with Crippen LogP contribution in [0.3, 0.4) is 0 Å². The van der Waals surface area contributed by atoms with E-state index in [9.17, 15) is 8.42 Å². The molecule has 1 fully saturated rings. The standard InChI is InChI=1S/C13H26O3S/c1-12(2,3)13(4,5)17(14,15)10-11-8-6-7-9-16-11/h11H,6-10H2,1-5H3/t11-/m1/s1. The molecular formula is C13H26O3S. The van der Waals surface area contributed by atoms with Gasteiger partial charge in [-0.3, -0.25) is 0 Å². The second-order valence-electron chi connectivity index (χ2n) is 6.53. The molecule has 0 aromatic rings. The molecule has 17 heavy (non-hydrogen) atoms. The van der Waals surface area contributed by atoms with E-state index in [1.807, 2.05) is 34.6 Å². The Bertz CT molecular complexity index is 343. The molecule has 4 heteroatoms. The molecule has 1 saturated heterocycles. The highest BCUT2D eigenvalue weighted by atomic mass is 32.2. The Balaban J connectivity index is 2.80. The third kappa shape index (κ3) is 3.22. The first kappa shape index (κ1) is 15.0. The summed E-state index contributed by atoms with van der Waals surface area (Å²) in [5.41, 5.74) is -0.263. The molecule has 0 spiro atoms. The topological polar surface area (TPSA) is 43.4 Å². The highest BCUT2D eigenvalue weighted by Crippen LogP contribution is 2.37. The van der Waals surface area contributed by atoms with Crippen molar-refractivity contribution in [3.8, 4) is 0 Å². The van der Waals surface area contributed by atoms with Crippen molar-refractivity contribution >= 4 is 9.84 Å². The lowest BCUT2D eigenvalue weighted by Gasteiger charge is -2.39. The van der Waals surface area contributed by atoms with E-state index in [1.54, 1.807) is 0 Å². The van der Waals surface area contributed by atoms with Gasteiger partial charge in [0.25, 0.3) is 0 Å². The maximum Gasteiger partial charge on any atom is 0.158 e. The van der Waals surface area contributed by atoms with Crippen LogP contribution in [0.4, 0.5) is 0 Å². The van der Waals surface area contributed by atoms with E-state index < -0.39 is 14.6 Å². The van der Waals surface area contributed by atoms with Crippen LogP contribution < -0.4 is 0 Å². The number of rotatable bonds is 3. The number of hydrogen-bond donors (Lipinski definition) is 0. The van der Waals surface area contributed by atoms with Crippen LogP contribution in [0.1, 0.15) is 53.9 Å². The Kier molecular flexibility index (Phi) is 4.30. The zero-order valence-corrected chi connectivity index (χ0v) is 12.6. The van der Waals surface area contributed by atoms with E-state index in [2.05, 4.69) is 0 Å². The lowest BCUT2D eigenvalue weighted by molar-refractivity contribution is 0.0300. The van der Waals surface area contributed by atoms with Crippen molar-refractivity contribution in [3.63, 3.8) is 0 Å². The average molecular weight is 262 g/mol. The Hall–Kier alpha value is -0.0900. The number of ether oxygens (including phenoxy) is 1. The fraction of sp³-hybridized carbons (Fsp3) is 1.00. The minimum absolute atomic E-state index is 0.102. The zero-order chi connectivity index (χ0) is 13.3.